The monoisotopic (exact) mass is 198 g/mol. The summed E-state index contributed by atoms with van der Waals surface area (Å²) in [6.07, 6.45) is 8.68. The highest BCUT2D eigenvalue weighted by Crippen LogP contribution is 2.11. The van der Waals surface area contributed by atoms with E-state index in [0.717, 1.165) is 12.8 Å². The zero-order valence-corrected chi connectivity index (χ0v) is 9.81. The average Bonchev–Trinajstić information content (AvgIpc) is 2.16. The molecule has 0 aromatic carbocycles. The van der Waals surface area contributed by atoms with Gasteiger partial charge in [-0.05, 0) is 26.2 Å². The number of hydrogen-bond acceptors (Lipinski definition) is 2. The third kappa shape index (κ3) is 8.27. The summed E-state index contributed by atoms with van der Waals surface area (Å²) in [6.45, 7) is 8.21. The van der Waals surface area contributed by atoms with E-state index in [0.29, 0.717) is 6.04 Å². The number of hydrogen-bond donors (Lipinski definition) is 2. The van der Waals surface area contributed by atoms with Crippen LogP contribution in [-0.2, 0) is 0 Å². The minimum atomic E-state index is 0.476. The maximum atomic E-state index is 5.49. The Hall–Kier alpha value is -0.340. The van der Waals surface area contributed by atoms with Crippen molar-refractivity contribution < 1.29 is 0 Å². The molecule has 0 aromatic rings. The first-order valence-corrected chi connectivity index (χ1v) is 5.81. The van der Waals surface area contributed by atoms with Gasteiger partial charge in [-0.1, -0.05) is 38.2 Å². The zero-order chi connectivity index (χ0) is 10.8. The molecule has 0 aliphatic heterocycles. The first-order valence-electron chi connectivity index (χ1n) is 5.81. The summed E-state index contributed by atoms with van der Waals surface area (Å²) in [4.78, 5) is 0. The fraction of sp³-hybridized carbons (Fsp3) is 0.833. The van der Waals surface area contributed by atoms with Crippen LogP contribution >= 0.6 is 0 Å². The minimum Gasteiger partial charge on any atom is -0.271 e. The van der Waals surface area contributed by atoms with Crippen molar-refractivity contribution in [2.24, 2.45) is 5.84 Å². The first-order chi connectivity index (χ1) is 6.70. The maximum absolute atomic E-state index is 5.49. The van der Waals surface area contributed by atoms with Crippen LogP contribution in [0.2, 0.25) is 0 Å². The Morgan fingerprint density at radius 1 is 1.29 bits per heavy atom. The molecule has 0 fully saturated rings. The zero-order valence-electron chi connectivity index (χ0n) is 9.81. The van der Waals surface area contributed by atoms with E-state index in [1.807, 2.05) is 0 Å². The number of rotatable bonds is 9. The second-order valence-corrected chi connectivity index (χ2v) is 4.21. The molecule has 0 rings (SSSR count). The van der Waals surface area contributed by atoms with Gasteiger partial charge < -0.3 is 0 Å². The quantitative estimate of drug-likeness (QED) is 0.258. The van der Waals surface area contributed by atoms with Gasteiger partial charge in [-0.2, -0.15) is 0 Å². The van der Waals surface area contributed by atoms with Crippen molar-refractivity contribution in [2.45, 2.75) is 64.8 Å². The summed E-state index contributed by atoms with van der Waals surface area (Å²) in [6, 6.07) is 0.476. The maximum Gasteiger partial charge on any atom is 0.0213 e. The highest BCUT2D eigenvalue weighted by molar-refractivity contribution is 4.88. The second-order valence-electron chi connectivity index (χ2n) is 4.21. The van der Waals surface area contributed by atoms with Crippen LogP contribution in [0.5, 0.6) is 0 Å². The molecular formula is C12H26N2. The van der Waals surface area contributed by atoms with E-state index in [1.165, 1.54) is 37.7 Å². The largest absolute Gasteiger partial charge is 0.271 e. The molecule has 3 N–H and O–H groups in total. The van der Waals surface area contributed by atoms with Crippen LogP contribution in [0.15, 0.2) is 12.2 Å². The summed E-state index contributed by atoms with van der Waals surface area (Å²) in [5, 5.41) is 0. The minimum absolute atomic E-state index is 0.476. The van der Waals surface area contributed by atoms with E-state index < -0.39 is 0 Å². The van der Waals surface area contributed by atoms with Gasteiger partial charge in [0.25, 0.3) is 0 Å². The predicted molar refractivity (Wildman–Crippen MR) is 63.9 cm³/mol. The summed E-state index contributed by atoms with van der Waals surface area (Å²) in [5.74, 6) is 5.49. The van der Waals surface area contributed by atoms with Crippen LogP contribution < -0.4 is 11.3 Å². The van der Waals surface area contributed by atoms with Gasteiger partial charge in [-0.25, -0.2) is 0 Å². The number of unbranched alkanes of at least 4 members (excludes halogenated alkanes) is 3. The standard InChI is InChI=1S/C12H26N2/c1-4-5-6-7-8-12(14-13)10-9-11(2)3/h12,14H,2,4-10,13H2,1,3H3. The van der Waals surface area contributed by atoms with Gasteiger partial charge >= 0.3 is 0 Å². The average molecular weight is 198 g/mol. The van der Waals surface area contributed by atoms with Crippen molar-refractivity contribution in [2.75, 3.05) is 0 Å². The van der Waals surface area contributed by atoms with E-state index in [9.17, 15) is 0 Å². The molecule has 0 bridgehead atoms. The molecule has 0 amide bonds. The van der Waals surface area contributed by atoms with Crippen LogP contribution in [0.1, 0.15) is 58.8 Å². The summed E-state index contributed by atoms with van der Waals surface area (Å²) in [5.41, 5.74) is 4.14. The molecule has 0 aliphatic rings. The molecule has 0 saturated heterocycles. The molecule has 2 nitrogen and oxygen atoms in total. The van der Waals surface area contributed by atoms with E-state index in [4.69, 9.17) is 5.84 Å². The van der Waals surface area contributed by atoms with Crippen molar-refractivity contribution in [3.05, 3.63) is 12.2 Å². The van der Waals surface area contributed by atoms with Crippen molar-refractivity contribution in [3.8, 4) is 0 Å². The van der Waals surface area contributed by atoms with Gasteiger partial charge in [0.2, 0.25) is 0 Å². The summed E-state index contributed by atoms with van der Waals surface area (Å²) < 4.78 is 0. The van der Waals surface area contributed by atoms with Gasteiger partial charge in [-0.3, -0.25) is 11.3 Å². The fourth-order valence-electron chi connectivity index (χ4n) is 1.55. The predicted octanol–water partition coefficient (Wildman–Crippen LogP) is 3.15. The van der Waals surface area contributed by atoms with Crippen molar-refractivity contribution in [1.82, 2.24) is 5.43 Å². The molecule has 84 valence electrons. The molecule has 0 aromatic heterocycles. The van der Waals surface area contributed by atoms with Gasteiger partial charge in [0.05, 0.1) is 0 Å². The number of hydrazine groups is 1. The van der Waals surface area contributed by atoms with Crippen LogP contribution in [0, 0.1) is 0 Å². The normalized spacial score (nSPS) is 12.8. The number of nitrogens with two attached hydrogens (primary N) is 1. The lowest BCUT2D eigenvalue weighted by atomic mass is 10.0. The molecule has 1 unspecified atom stereocenters. The highest BCUT2D eigenvalue weighted by Gasteiger charge is 2.05. The molecule has 14 heavy (non-hydrogen) atoms. The topological polar surface area (TPSA) is 38.0 Å². The molecule has 0 spiro atoms. The third-order valence-corrected chi connectivity index (χ3v) is 2.56. The summed E-state index contributed by atoms with van der Waals surface area (Å²) >= 11 is 0. The molecule has 0 heterocycles. The lowest BCUT2D eigenvalue weighted by molar-refractivity contribution is 0.440. The lowest BCUT2D eigenvalue weighted by Crippen LogP contribution is -2.35. The second kappa shape index (κ2) is 9.22. The van der Waals surface area contributed by atoms with Crippen molar-refractivity contribution in [1.29, 1.82) is 0 Å². The number of nitrogens with one attached hydrogen (secondary N) is 1. The van der Waals surface area contributed by atoms with Gasteiger partial charge in [0.15, 0.2) is 0 Å². The molecule has 0 radical (unpaired) electrons. The van der Waals surface area contributed by atoms with Crippen LogP contribution in [0.4, 0.5) is 0 Å². The fourth-order valence-corrected chi connectivity index (χ4v) is 1.55. The first kappa shape index (κ1) is 13.7. The van der Waals surface area contributed by atoms with Gasteiger partial charge in [-0.15, -0.1) is 6.58 Å². The Bertz CT molecular complexity index is 143. The smallest absolute Gasteiger partial charge is 0.0213 e. The Balaban J connectivity index is 3.42. The van der Waals surface area contributed by atoms with E-state index in [1.54, 1.807) is 0 Å². The van der Waals surface area contributed by atoms with E-state index in [2.05, 4.69) is 25.9 Å². The molecular weight excluding hydrogens is 172 g/mol. The Morgan fingerprint density at radius 3 is 2.50 bits per heavy atom. The van der Waals surface area contributed by atoms with Crippen molar-refractivity contribution >= 4 is 0 Å². The SMILES string of the molecule is C=C(C)CCC(CCCCCC)NN. The Kier molecular flexibility index (Phi) is 9.00. The van der Waals surface area contributed by atoms with Gasteiger partial charge in [0, 0.05) is 6.04 Å². The van der Waals surface area contributed by atoms with E-state index in [-0.39, 0.29) is 0 Å². The number of allylic oxidation sites excluding steroid dienone is 1. The third-order valence-electron chi connectivity index (χ3n) is 2.56. The van der Waals surface area contributed by atoms with E-state index >= 15 is 0 Å². The Morgan fingerprint density at radius 2 is 2.00 bits per heavy atom. The lowest BCUT2D eigenvalue weighted by Gasteiger charge is -2.15. The van der Waals surface area contributed by atoms with Crippen LogP contribution in [0.3, 0.4) is 0 Å². The molecule has 2 heteroatoms. The van der Waals surface area contributed by atoms with Crippen LogP contribution in [0.25, 0.3) is 0 Å². The van der Waals surface area contributed by atoms with Gasteiger partial charge in [0.1, 0.15) is 0 Å². The highest BCUT2D eigenvalue weighted by atomic mass is 15.2. The van der Waals surface area contributed by atoms with Crippen molar-refractivity contribution in [3.63, 3.8) is 0 Å². The van der Waals surface area contributed by atoms with Crippen LogP contribution in [-0.4, -0.2) is 6.04 Å². The molecule has 0 saturated carbocycles. The molecule has 0 aliphatic carbocycles. The molecule has 1 atom stereocenters. The summed E-state index contributed by atoms with van der Waals surface area (Å²) in [7, 11) is 0. The Labute approximate surface area is 88.9 Å².